The van der Waals surface area contributed by atoms with Gasteiger partial charge in [-0.05, 0) is 48.9 Å². The van der Waals surface area contributed by atoms with E-state index in [1.165, 1.54) is 25.3 Å². The van der Waals surface area contributed by atoms with Gasteiger partial charge in [-0.3, -0.25) is 4.72 Å². The molecule has 0 radical (unpaired) electrons. The van der Waals surface area contributed by atoms with E-state index in [0.717, 1.165) is 17.2 Å². The summed E-state index contributed by atoms with van der Waals surface area (Å²) >= 11 is 0. The molecule has 7 heteroatoms. The highest BCUT2D eigenvalue weighted by molar-refractivity contribution is 7.92. The number of sulfonamides is 1. The summed E-state index contributed by atoms with van der Waals surface area (Å²) in [6, 6.07) is 12.9. The Balaban J connectivity index is 2.12. The SMILES string of the molecule is COc1ccc(S(=O)(=O)Nc2ccc(/C=C(C)/C=C/C(=O)O)cc2)cc1. The Morgan fingerprint density at radius 3 is 2.19 bits per heavy atom. The fourth-order valence-corrected chi connectivity index (χ4v) is 3.19. The summed E-state index contributed by atoms with van der Waals surface area (Å²) in [5, 5.41) is 8.61. The number of allylic oxidation sites excluding steroid dienone is 2. The van der Waals surface area contributed by atoms with Gasteiger partial charge in [0, 0.05) is 11.8 Å². The number of methoxy groups -OCH3 is 1. The summed E-state index contributed by atoms with van der Waals surface area (Å²) in [5.41, 5.74) is 2.01. The van der Waals surface area contributed by atoms with Crippen LogP contribution >= 0.6 is 0 Å². The van der Waals surface area contributed by atoms with Gasteiger partial charge in [0.25, 0.3) is 10.0 Å². The van der Waals surface area contributed by atoms with E-state index >= 15 is 0 Å². The van der Waals surface area contributed by atoms with Crippen LogP contribution in [0.5, 0.6) is 5.75 Å². The van der Waals surface area contributed by atoms with Gasteiger partial charge >= 0.3 is 5.97 Å². The summed E-state index contributed by atoms with van der Waals surface area (Å²) < 4.78 is 32.3. The highest BCUT2D eigenvalue weighted by atomic mass is 32.2. The van der Waals surface area contributed by atoms with Gasteiger partial charge < -0.3 is 9.84 Å². The van der Waals surface area contributed by atoms with Crippen molar-refractivity contribution in [3.8, 4) is 5.75 Å². The maximum atomic E-state index is 12.4. The molecule has 0 atom stereocenters. The number of hydrogen-bond acceptors (Lipinski definition) is 4. The van der Waals surface area contributed by atoms with Crippen molar-refractivity contribution in [1.29, 1.82) is 0 Å². The number of carboxylic acids is 1. The monoisotopic (exact) mass is 373 g/mol. The van der Waals surface area contributed by atoms with Gasteiger partial charge in [-0.15, -0.1) is 0 Å². The minimum absolute atomic E-state index is 0.136. The van der Waals surface area contributed by atoms with Gasteiger partial charge in [-0.1, -0.05) is 29.9 Å². The molecule has 0 aliphatic carbocycles. The highest BCUT2D eigenvalue weighted by Gasteiger charge is 2.14. The zero-order valence-electron chi connectivity index (χ0n) is 14.3. The topological polar surface area (TPSA) is 92.7 Å². The molecule has 0 unspecified atom stereocenters. The maximum Gasteiger partial charge on any atom is 0.328 e. The summed E-state index contributed by atoms with van der Waals surface area (Å²) in [6.45, 7) is 1.78. The van der Waals surface area contributed by atoms with Crippen LogP contribution in [0, 0.1) is 0 Å². The van der Waals surface area contributed by atoms with E-state index in [-0.39, 0.29) is 4.90 Å². The Morgan fingerprint density at radius 1 is 1.04 bits per heavy atom. The van der Waals surface area contributed by atoms with Crippen LogP contribution in [0.2, 0.25) is 0 Å². The number of aliphatic carboxylic acids is 1. The minimum atomic E-state index is -3.69. The van der Waals surface area contributed by atoms with E-state index in [4.69, 9.17) is 9.84 Å². The minimum Gasteiger partial charge on any atom is -0.497 e. The van der Waals surface area contributed by atoms with E-state index in [1.807, 2.05) is 0 Å². The molecule has 0 aromatic heterocycles. The van der Waals surface area contributed by atoms with Crippen molar-refractivity contribution in [2.45, 2.75) is 11.8 Å². The van der Waals surface area contributed by atoms with Crippen LogP contribution in [-0.4, -0.2) is 26.6 Å². The van der Waals surface area contributed by atoms with Gasteiger partial charge in [0.05, 0.1) is 12.0 Å². The number of carbonyl (C=O) groups is 1. The molecule has 0 saturated heterocycles. The Kier molecular flexibility index (Phi) is 6.19. The average molecular weight is 373 g/mol. The lowest BCUT2D eigenvalue weighted by atomic mass is 10.1. The molecule has 0 bridgehead atoms. The molecule has 2 N–H and O–H groups in total. The molecule has 136 valence electrons. The average Bonchev–Trinajstić information content (AvgIpc) is 2.61. The summed E-state index contributed by atoms with van der Waals surface area (Å²) in [5.74, 6) is -0.437. The van der Waals surface area contributed by atoms with Crippen LogP contribution in [0.25, 0.3) is 6.08 Å². The van der Waals surface area contributed by atoms with Crippen LogP contribution in [-0.2, 0) is 14.8 Å². The molecule has 0 spiro atoms. The third-order valence-corrected chi connectivity index (χ3v) is 4.81. The number of benzene rings is 2. The molecule has 6 nitrogen and oxygen atoms in total. The second-order valence-electron chi connectivity index (χ2n) is 5.46. The summed E-state index contributed by atoms with van der Waals surface area (Å²) in [4.78, 5) is 10.6. The normalized spacial score (nSPS) is 12.2. The van der Waals surface area contributed by atoms with Crippen LogP contribution in [0.3, 0.4) is 0 Å². The first kappa shape index (κ1) is 19.3. The fourth-order valence-electron chi connectivity index (χ4n) is 2.13. The summed E-state index contributed by atoms with van der Waals surface area (Å²) in [6.07, 6.45) is 4.34. The largest absolute Gasteiger partial charge is 0.497 e. The summed E-state index contributed by atoms with van der Waals surface area (Å²) in [7, 11) is -2.18. The number of carboxylic acid groups (broad SMARTS) is 1. The van der Waals surface area contributed by atoms with Gasteiger partial charge in [-0.25, -0.2) is 13.2 Å². The van der Waals surface area contributed by atoms with Crippen molar-refractivity contribution in [3.05, 3.63) is 71.8 Å². The Morgan fingerprint density at radius 2 is 1.65 bits per heavy atom. The van der Waals surface area contributed by atoms with Crippen molar-refractivity contribution in [3.63, 3.8) is 0 Å². The lowest BCUT2D eigenvalue weighted by molar-refractivity contribution is -0.131. The van der Waals surface area contributed by atoms with Gasteiger partial charge in [0.1, 0.15) is 5.75 Å². The Hall–Kier alpha value is -3.06. The third kappa shape index (κ3) is 5.49. The lowest BCUT2D eigenvalue weighted by Crippen LogP contribution is -2.12. The van der Waals surface area contributed by atoms with Gasteiger partial charge in [0.2, 0.25) is 0 Å². The van der Waals surface area contributed by atoms with Crippen molar-refractivity contribution in [2.75, 3.05) is 11.8 Å². The Labute approximate surface area is 152 Å². The van der Waals surface area contributed by atoms with E-state index in [1.54, 1.807) is 49.4 Å². The molecular weight excluding hydrogens is 354 g/mol. The number of nitrogens with one attached hydrogen (secondary N) is 1. The van der Waals surface area contributed by atoms with E-state index in [9.17, 15) is 13.2 Å². The van der Waals surface area contributed by atoms with Crippen LogP contribution in [0.15, 0.2) is 71.2 Å². The molecule has 26 heavy (non-hydrogen) atoms. The van der Waals surface area contributed by atoms with Gasteiger partial charge in [0.15, 0.2) is 0 Å². The molecule has 0 fully saturated rings. The number of anilines is 1. The van der Waals surface area contributed by atoms with E-state index < -0.39 is 16.0 Å². The number of rotatable bonds is 7. The number of ether oxygens (including phenoxy) is 1. The van der Waals surface area contributed by atoms with Crippen LogP contribution < -0.4 is 9.46 Å². The molecule has 0 saturated carbocycles. The van der Waals surface area contributed by atoms with Crippen LogP contribution in [0.4, 0.5) is 5.69 Å². The first-order valence-corrected chi connectivity index (χ1v) is 9.15. The molecule has 0 aliphatic rings. The predicted octanol–water partition coefficient (Wildman–Crippen LogP) is 3.54. The zero-order valence-corrected chi connectivity index (χ0v) is 15.2. The zero-order chi connectivity index (χ0) is 19.2. The Bertz CT molecular complexity index is 927. The van der Waals surface area contributed by atoms with Crippen molar-refractivity contribution in [1.82, 2.24) is 0 Å². The van der Waals surface area contributed by atoms with Crippen molar-refractivity contribution < 1.29 is 23.1 Å². The van der Waals surface area contributed by atoms with Gasteiger partial charge in [-0.2, -0.15) is 0 Å². The van der Waals surface area contributed by atoms with E-state index in [2.05, 4.69) is 4.72 Å². The number of hydrogen-bond donors (Lipinski definition) is 2. The van der Waals surface area contributed by atoms with E-state index in [0.29, 0.717) is 11.4 Å². The molecule has 0 amide bonds. The second-order valence-corrected chi connectivity index (χ2v) is 7.15. The molecular formula is C19H19NO5S. The first-order valence-electron chi connectivity index (χ1n) is 7.66. The predicted molar refractivity (Wildman–Crippen MR) is 101 cm³/mol. The quantitative estimate of drug-likeness (QED) is 0.572. The van der Waals surface area contributed by atoms with Crippen molar-refractivity contribution >= 4 is 27.8 Å². The standard InChI is InChI=1S/C19H19NO5S/c1-14(3-12-19(21)22)13-15-4-6-16(7-5-15)20-26(23,24)18-10-8-17(25-2)9-11-18/h3-13,20H,1-2H3,(H,21,22)/b12-3+,14-13+. The first-order chi connectivity index (χ1) is 12.3. The van der Waals surface area contributed by atoms with Crippen LogP contribution in [0.1, 0.15) is 12.5 Å². The molecule has 2 aromatic carbocycles. The molecule has 2 aromatic rings. The molecule has 2 rings (SSSR count). The molecule has 0 heterocycles. The second kappa shape index (κ2) is 8.35. The highest BCUT2D eigenvalue weighted by Crippen LogP contribution is 2.20. The van der Waals surface area contributed by atoms with Crippen molar-refractivity contribution in [2.24, 2.45) is 0 Å². The maximum absolute atomic E-state index is 12.4. The lowest BCUT2D eigenvalue weighted by Gasteiger charge is -2.09. The molecule has 0 aliphatic heterocycles. The third-order valence-electron chi connectivity index (χ3n) is 3.42. The smallest absolute Gasteiger partial charge is 0.328 e. The fraction of sp³-hybridized carbons (Fsp3) is 0.105.